The van der Waals surface area contributed by atoms with Gasteiger partial charge in [0.15, 0.2) is 0 Å². The van der Waals surface area contributed by atoms with E-state index in [0.717, 1.165) is 167 Å². The first-order valence-corrected chi connectivity index (χ1v) is 44.9. The van der Waals surface area contributed by atoms with E-state index < -0.39 is 102 Å². The van der Waals surface area contributed by atoms with Gasteiger partial charge in [0.05, 0.1) is 76.8 Å². The maximum absolute atomic E-state index is 13.7. The van der Waals surface area contributed by atoms with Gasteiger partial charge in [0.1, 0.15) is 12.2 Å². The van der Waals surface area contributed by atoms with Crippen molar-refractivity contribution in [2.75, 3.05) is 65.9 Å². The van der Waals surface area contributed by atoms with Crippen molar-refractivity contribution in [2.45, 2.75) is 361 Å². The molecular formula is C82H148N4O20P2. The Morgan fingerprint density at radius 1 is 0.398 bits per heavy atom. The van der Waals surface area contributed by atoms with Crippen molar-refractivity contribution in [1.82, 2.24) is 21.3 Å². The molecule has 0 aromatic heterocycles. The second kappa shape index (κ2) is 69.3. The minimum absolute atomic E-state index is 0.0548. The van der Waals surface area contributed by atoms with Crippen LogP contribution in [-0.2, 0) is 65.4 Å². The highest BCUT2D eigenvalue weighted by molar-refractivity contribution is 7.47. The average molecular weight is 1570 g/mol. The Morgan fingerprint density at radius 3 is 1.07 bits per heavy atom. The molecule has 24 nitrogen and oxygen atoms in total. The average Bonchev–Trinajstić information content (AvgIpc) is 0.867. The number of amides is 4. The van der Waals surface area contributed by atoms with Gasteiger partial charge in [0.25, 0.3) is 11.8 Å². The van der Waals surface area contributed by atoms with Gasteiger partial charge in [-0.15, -0.1) is 0 Å². The number of aliphatic hydroxyl groups is 2. The molecule has 8 atom stereocenters. The van der Waals surface area contributed by atoms with Crippen molar-refractivity contribution in [2.24, 2.45) is 0 Å². The number of hydrogen-bond acceptors (Lipinski definition) is 18. The molecular weight excluding hydrogens is 1420 g/mol. The molecule has 6 unspecified atom stereocenters. The van der Waals surface area contributed by atoms with E-state index in [4.69, 9.17) is 37.0 Å². The number of phosphoric acid groups is 2. The number of ether oxygens (including phenoxy) is 4. The summed E-state index contributed by atoms with van der Waals surface area (Å²) in [6.45, 7) is 10.4. The number of nitrogens with one attached hydrogen (secondary N) is 4. The number of esters is 2. The zero-order valence-corrected chi connectivity index (χ0v) is 69.3. The normalized spacial score (nSPS) is 14.5. The van der Waals surface area contributed by atoms with Gasteiger partial charge >= 0.3 is 27.6 Å². The molecule has 1 aromatic rings. The van der Waals surface area contributed by atoms with Crippen LogP contribution in [0, 0.1) is 0 Å². The lowest BCUT2D eigenvalue weighted by Gasteiger charge is -2.23. The molecule has 0 aliphatic carbocycles. The van der Waals surface area contributed by atoms with Crippen LogP contribution in [0.2, 0.25) is 0 Å². The Labute approximate surface area is 650 Å². The van der Waals surface area contributed by atoms with Gasteiger partial charge < -0.3 is 60.2 Å². The number of unbranched alkanes of at least 4 members (excludes halogenated alkanes) is 26. The number of aliphatic hydroxyl groups excluding tert-OH is 2. The molecule has 0 radical (unpaired) electrons. The number of phosphoric ester groups is 2. The fourth-order valence-corrected chi connectivity index (χ4v) is 13.4. The predicted molar refractivity (Wildman–Crippen MR) is 427 cm³/mol. The second-order valence-corrected chi connectivity index (χ2v) is 31.6. The van der Waals surface area contributed by atoms with Crippen molar-refractivity contribution >= 4 is 51.2 Å². The van der Waals surface area contributed by atoms with Crippen LogP contribution < -0.4 is 21.3 Å². The van der Waals surface area contributed by atoms with Crippen LogP contribution in [0.5, 0.6) is 0 Å². The van der Waals surface area contributed by atoms with E-state index in [2.05, 4.69) is 87.1 Å². The lowest BCUT2D eigenvalue weighted by Crippen LogP contribution is -2.43. The minimum atomic E-state index is -4.80. The van der Waals surface area contributed by atoms with Crippen LogP contribution in [0.1, 0.15) is 345 Å². The van der Waals surface area contributed by atoms with Gasteiger partial charge in [0.2, 0.25) is 11.8 Å². The molecule has 8 N–H and O–H groups in total. The third kappa shape index (κ3) is 61.2. The molecule has 0 fully saturated rings. The van der Waals surface area contributed by atoms with E-state index in [1.54, 1.807) is 0 Å². The predicted octanol–water partition coefficient (Wildman–Crippen LogP) is 17.4. The third-order valence-corrected chi connectivity index (χ3v) is 20.3. The molecule has 0 heterocycles. The molecule has 0 saturated carbocycles. The van der Waals surface area contributed by atoms with Gasteiger partial charge in [-0.1, -0.05) is 226 Å². The van der Waals surface area contributed by atoms with Crippen molar-refractivity contribution < 1.29 is 94.9 Å². The summed E-state index contributed by atoms with van der Waals surface area (Å²) in [5.41, 5.74) is 0.110. The summed E-state index contributed by atoms with van der Waals surface area (Å²) in [4.78, 5) is 102. The van der Waals surface area contributed by atoms with Gasteiger partial charge in [-0.3, -0.25) is 46.9 Å². The zero-order valence-electron chi connectivity index (χ0n) is 67.5. The van der Waals surface area contributed by atoms with Crippen LogP contribution in [0.3, 0.4) is 0 Å². The maximum Gasteiger partial charge on any atom is 0.472 e. The SMILES string of the molecule is CCCCCC/C=C\CCCC(=O)O[C@H](CCCCCCC)CC(=O)NC(COCCC(O)CCCCCCC)COP(=O)(O)OCCNC(=O)c1cccc(C(=O)NCCOP(=O)(O)OCC(COCCC(O)CCCCCCC)NC(=O)C[C@@H](CCCCCCC)OC(=O)CCC/C=C\CCCCCC)c1. The van der Waals surface area contributed by atoms with Crippen LogP contribution in [0.15, 0.2) is 48.6 Å². The number of allylic oxidation sites excluding steroid dienone is 4. The summed E-state index contributed by atoms with van der Waals surface area (Å²) in [6.07, 6.45) is 43.5. The van der Waals surface area contributed by atoms with Gasteiger partial charge in [0, 0.05) is 50.3 Å². The van der Waals surface area contributed by atoms with Gasteiger partial charge in [-0.05, 0) is 121 Å². The van der Waals surface area contributed by atoms with E-state index in [1.807, 2.05) is 0 Å². The van der Waals surface area contributed by atoms with Crippen molar-refractivity contribution in [3.05, 3.63) is 59.7 Å². The highest BCUT2D eigenvalue weighted by Gasteiger charge is 2.29. The highest BCUT2D eigenvalue weighted by atomic mass is 31.2. The molecule has 26 heteroatoms. The molecule has 0 aliphatic rings. The van der Waals surface area contributed by atoms with E-state index >= 15 is 0 Å². The lowest BCUT2D eigenvalue weighted by molar-refractivity contribution is -0.152. The summed E-state index contributed by atoms with van der Waals surface area (Å²) >= 11 is 0. The topological polar surface area (TPSA) is 339 Å². The fraction of sp³-hybridized carbons (Fsp3) is 0.805. The molecule has 1 aromatic carbocycles. The first-order valence-electron chi connectivity index (χ1n) is 41.9. The van der Waals surface area contributed by atoms with E-state index in [9.17, 15) is 57.9 Å². The molecule has 108 heavy (non-hydrogen) atoms. The Bertz CT molecular complexity index is 2430. The molecule has 0 aliphatic heterocycles. The number of rotatable bonds is 76. The van der Waals surface area contributed by atoms with Crippen molar-refractivity contribution in [3.63, 3.8) is 0 Å². The molecule has 0 saturated heterocycles. The van der Waals surface area contributed by atoms with E-state index in [-0.39, 0.29) is 88.3 Å². The van der Waals surface area contributed by atoms with Crippen LogP contribution in [0.25, 0.3) is 0 Å². The smallest absolute Gasteiger partial charge is 0.462 e. The molecule has 1 rings (SSSR count). The summed E-state index contributed by atoms with van der Waals surface area (Å²) in [7, 11) is -9.61. The number of benzene rings is 1. The molecule has 4 amide bonds. The van der Waals surface area contributed by atoms with Crippen LogP contribution in [0.4, 0.5) is 0 Å². The van der Waals surface area contributed by atoms with Gasteiger partial charge in [-0.25, -0.2) is 9.13 Å². The fourth-order valence-electron chi connectivity index (χ4n) is 11.9. The largest absolute Gasteiger partial charge is 0.472 e. The zero-order chi connectivity index (χ0) is 79.4. The third-order valence-electron chi connectivity index (χ3n) is 18.4. The Hall–Kier alpha value is -4.42. The Morgan fingerprint density at radius 2 is 0.722 bits per heavy atom. The Kier molecular flexibility index (Phi) is 65.2. The number of carbonyl (C=O) groups is 6. The van der Waals surface area contributed by atoms with Crippen molar-refractivity contribution in [3.8, 4) is 0 Å². The number of carbonyl (C=O) groups excluding carboxylic acids is 6. The first kappa shape index (κ1) is 102. The number of hydrogen-bond donors (Lipinski definition) is 8. The monoisotopic (exact) mass is 1570 g/mol. The van der Waals surface area contributed by atoms with Crippen LogP contribution in [-0.4, -0.2) is 158 Å². The summed E-state index contributed by atoms with van der Waals surface area (Å²) in [6, 6.07) is 3.75. The minimum Gasteiger partial charge on any atom is -0.462 e. The standard InChI is InChI=1S/C82H148N4O20P2/c1-7-13-19-25-27-29-31-37-43-52-79(91)105-75(50-41-35-23-17-11-5)63-77(89)85-71(65-99-58-54-73(87)48-39-33-21-15-9-3)67-103-107(95,96)101-60-56-83-81(93)69-46-45-47-70(62-69)82(94)84-57-61-102-108(97,98)104-68-72(66-100-59-55-74(88)49-40-34-22-16-10-4)86-78(90)64-76(51-42-36-24-18-12-6)106-80(92)53-44-38-32-30-28-26-20-14-8-2/h29-32,45-47,62,71-76,87-88H,7-28,33-44,48-61,63-68H2,1-6H3,(H,83,93)(H,84,94)(H,85,89)(H,86,90)(H,95,96)(H,97,98)/b31-29-,32-30-/t71?,72?,73?,74?,75-,76-/m1/s1. The van der Waals surface area contributed by atoms with Gasteiger partial charge in [-0.2, -0.15) is 0 Å². The second-order valence-electron chi connectivity index (χ2n) is 28.7. The Balaban J connectivity index is 2.99. The highest BCUT2D eigenvalue weighted by Crippen LogP contribution is 2.44. The summed E-state index contributed by atoms with van der Waals surface area (Å²) in [5, 5.41) is 32.0. The van der Waals surface area contributed by atoms with Crippen molar-refractivity contribution in [1.29, 1.82) is 0 Å². The quantitative estimate of drug-likeness (QED) is 0.0130. The lowest BCUT2D eigenvalue weighted by atomic mass is 10.1. The van der Waals surface area contributed by atoms with Crippen LogP contribution >= 0.6 is 15.6 Å². The maximum atomic E-state index is 13.7. The molecule has 626 valence electrons. The van der Waals surface area contributed by atoms with E-state index in [1.165, 1.54) is 62.8 Å². The summed E-state index contributed by atoms with van der Waals surface area (Å²) in [5.74, 6) is -3.03. The first-order chi connectivity index (χ1) is 52.2. The summed E-state index contributed by atoms with van der Waals surface area (Å²) < 4.78 is 71.1. The molecule has 0 spiro atoms. The molecule has 0 bridgehead atoms. The van der Waals surface area contributed by atoms with E-state index in [0.29, 0.717) is 51.4 Å².